The number of rotatable bonds is 64. The lowest BCUT2D eigenvalue weighted by atomic mass is 10.0. The van der Waals surface area contributed by atoms with E-state index in [4.69, 9.17) is 14.2 Å². The summed E-state index contributed by atoms with van der Waals surface area (Å²) in [5, 5.41) is 0. The molecule has 0 N–H and O–H groups in total. The number of hydrogen-bond donors (Lipinski definition) is 0. The quantitative estimate of drug-likeness (QED) is 0.0261. The number of allylic oxidation sites excluding steroid dienone is 16. The highest BCUT2D eigenvalue weighted by Crippen LogP contribution is 2.18. The molecular weight excluding hydrogens is 1010 g/mol. The summed E-state index contributed by atoms with van der Waals surface area (Å²) in [4.78, 5) is 38.1. The third-order valence-electron chi connectivity index (χ3n) is 15.4. The second-order valence-electron chi connectivity index (χ2n) is 23.4. The SMILES string of the molecule is CC/C=C\C/C=C\C/C=C\C/C=C\C/C=C\C/C=C\C/C=C\C/C=C\CCCCCCCCC(=O)OCC(COC(=O)CCCCCCCC)OC(=O)CCCCCCCCCCCCCCCCCCCCCCCCCCCCC. The monoisotopic (exact) mass is 1140 g/mol. The molecule has 0 amide bonds. The Balaban J connectivity index is 4.08. The van der Waals surface area contributed by atoms with Crippen LogP contribution in [0.1, 0.15) is 348 Å². The minimum absolute atomic E-state index is 0.0792. The summed E-state index contributed by atoms with van der Waals surface area (Å²) in [6.45, 7) is 6.50. The first kappa shape index (κ1) is 78.3. The first-order chi connectivity index (χ1) is 40.5. The van der Waals surface area contributed by atoms with Crippen molar-refractivity contribution in [3.8, 4) is 0 Å². The molecule has 82 heavy (non-hydrogen) atoms. The van der Waals surface area contributed by atoms with E-state index in [0.29, 0.717) is 19.3 Å². The lowest BCUT2D eigenvalue weighted by Crippen LogP contribution is -2.30. The zero-order chi connectivity index (χ0) is 59.2. The van der Waals surface area contributed by atoms with Gasteiger partial charge in [0.15, 0.2) is 6.10 Å². The van der Waals surface area contributed by atoms with Crippen molar-refractivity contribution in [2.45, 2.75) is 354 Å². The van der Waals surface area contributed by atoms with Gasteiger partial charge in [0.05, 0.1) is 0 Å². The molecule has 0 aliphatic heterocycles. The van der Waals surface area contributed by atoms with Gasteiger partial charge in [-0.15, -0.1) is 0 Å². The van der Waals surface area contributed by atoms with Gasteiger partial charge in [-0.2, -0.15) is 0 Å². The van der Waals surface area contributed by atoms with Gasteiger partial charge in [-0.3, -0.25) is 14.4 Å². The van der Waals surface area contributed by atoms with Crippen molar-refractivity contribution < 1.29 is 28.6 Å². The molecule has 0 spiro atoms. The summed E-state index contributed by atoms with van der Waals surface area (Å²) in [7, 11) is 0. The highest BCUT2D eigenvalue weighted by molar-refractivity contribution is 5.71. The van der Waals surface area contributed by atoms with E-state index in [1.807, 2.05) is 0 Å². The number of hydrogen-bond acceptors (Lipinski definition) is 6. The number of unbranched alkanes of at least 4 members (excludes halogenated alkanes) is 37. The van der Waals surface area contributed by atoms with Gasteiger partial charge in [-0.25, -0.2) is 0 Å². The average molecular weight is 1140 g/mol. The van der Waals surface area contributed by atoms with E-state index >= 15 is 0 Å². The zero-order valence-electron chi connectivity index (χ0n) is 54.2. The molecule has 472 valence electrons. The summed E-state index contributed by atoms with van der Waals surface area (Å²) in [5.41, 5.74) is 0. The van der Waals surface area contributed by atoms with E-state index in [9.17, 15) is 14.4 Å². The molecule has 1 unspecified atom stereocenters. The number of ether oxygens (including phenoxy) is 3. The van der Waals surface area contributed by atoms with Gasteiger partial charge < -0.3 is 14.2 Å². The van der Waals surface area contributed by atoms with E-state index < -0.39 is 6.10 Å². The molecule has 0 aromatic carbocycles. The zero-order valence-corrected chi connectivity index (χ0v) is 54.2. The predicted octanol–water partition coefficient (Wildman–Crippen LogP) is 24.4. The molecule has 1 atom stereocenters. The maximum absolute atomic E-state index is 12.9. The Labute approximate surface area is 508 Å². The fourth-order valence-corrected chi connectivity index (χ4v) is 10.1. The topological polar surface area (TPSA) is 78.9 Å². The van der Waals surface area contributed by atoms with Crippen LogP contribution in [-0.4, -0.2) is 37.2 Å². The van der Waals surface area contributed by atoms with Gasteiger partial charge >= 0.3 is 17.9 Å². The van der Waals surface area contributed by atoms with Gasteiger partial charge in [0, 0.05) is 19.3 Å². The van der Waals surface area contributed by atoms with E-state index in [-0.39, 0.29) is 31.1 Å². The Hall–Kier alpha value is -3.67. The van der Waals surface area contributed by atoms with Crippen molar-refractivity contribution in [2.75, 3.05) is 13.2 Å². The van der Waals surface area contributed by atoms with Crippen molar-refractivity contribution in [1.82, 2.24) is 0 Å². The van der Waals surface area contributed by atoms with Crippen molar-refractivity contribution in [2.24, 2.45) is 0 Å². The maximum Gasteiger partial charge on any atom is 0.306 e. The summed E-state index contributed by atoms with van der Waals surface area (Å²) >= 11 is 0. The second-order valence-corrected chi connectivity index (χ2v) is 23.4. The Morgan fingerprint density at radius 2 is 0.476 bits per heavy atom. The summed E-state index contributed by atoms with van der Waals surface area (Å²) in [6, 6.07) is 0. The smallest absolute Gasteiger partial charge is 0.306 e. The minimum atomic E-state index is -0.780. The van der Waals surface area contributed by atoms with Crippen LogP contribution in [0.4, 0.5) is 0 Å². The van der Waals surface area contributed by atoms with Gasteiger partial charge in [0.2, 0.25) is 0 Å². The number of carbonyl (C=O) groups is 3. The van der Waals surface area contributed by atoms with E-state index in [2.05, 4.69) is 118 Å². The standard InChI is InChI=1S/C76H132O6/c1-4-7-10-13-16-18-20-22-24-26-28-30-32-34-36-37-38-39-41-42-44-46-48-50-52-54-56-58-60-63-66-69-75(78)81-72-73(71-80-74(77)68-65-62-15-12-9-6-3)82-76(79)70-67-64-61-59-57-55-53-51-49-47-45-43-40-35-33-31-29-27-25-23-21-19-17-14-11-8-5-2/h7,10,16,18,22,24,28,30,34,36,38-39,42,44,48,50,73H,4-6,8-9,11-15,17,19-21,23,25-27,29,31-33,35,37,40-41,43,45-47,49,51-72H2,1-3H3/b10-7-,18-16-,24-22-,30-28-,36-34-,39-38-,44-42-,50-48-. The lowest BCUT2D eigenvalue weighted by Gasteiger charge is -2.18. The van der Waals surface area contributed by atoms with Crippen LogP contribution in [0.25, 0.3) is 0 Å². The summed E-state index contributed by atoms with van der Waals surface area (Å²) < 4.78 is 16.8. The Bertz CT molecular complexity index is 1590. The first-order valence-corrected chi connectivity index (χ1v) is 35.2. The maximum atomic E-state index is 12.9. The molecule has 6 heteroatoms. The molecule has 0 aromatic heterocycles. The summed E-state index contributed by atoms with van der Waals surface area (Å²) in [5.74, 6) is -0.890. The molecule has 0 saturated heterocycles. The molecule has 0 bridgehead atoms. The van der Waals surface area contributed by atoms with Crippen LogP contribution in [0.3, 0.4) is 0 Å². The van der Waals surface area contributed by atoms with Crippen LogP contribution in [-0.2, 0) is 28.6 Å². The van der Waals surface area contributed by atoms with Gasteiger partial charge in [0.1, 0.15) is 13.2 Å². The normalized spacial score (nSPS) is 12.7. The van der Waals surface area contributed by atoms with E-state index in [1.165, 1.54) is 186 Å². The predicted molar refractivity (Wildman–Crippen MR) is 357 cm³/mol. The van der Waals surface area contributed by atoms with E-state index in [0.717, 1.165) is 122 Å². The van der Waals surface area contributed by atoms with Crippen LogP contribution in [0.2, 0.25) is 0 Å². The first-order valence-electron chi connectivity index (χ1n) is 35.2. The third-order valence-corrected chi connectivity index (χ3v) is 15.4. The summed E-state index contributed by atoms with van der Waals surface area (Å²) in [6.07, 6.45) is 94.8. The van der Waals surface area contributed by atoms with Crippen LogP contribution < -0.4 is 0 Å². The number of esters is 3. The molecule has 6 nitrogen and oxygen atoms in total. The fourth-order valence-electron chi connectivity index (χ4n) is 10.1. The third kappa shape index (κ3) is 67.1. The largest absolute Gasteiger partial charge is 0.462 e. The molecule has 0 saturated carbocycles. The minimum Gasteiger partial charge on any atom is -0.462 e. The molecule has 0 rings (SSSR count). The Kier molecular flexibility index (Phi) is 66.7. The van der Waals surface area contributed by atoms with Crippen LogP contribution in [0.15, 0.2) is 97.2 Å². The van der Waals surface area contributed by atoms with Gasteiger partial charge in [-0.1, -0.05) is 343 Å². The molecule has 0 aliphatic carbocycles. The van der Waals surface area contributed by atoms with Crippen molar-refractivity contribution >= 4 is 17.9 Å². The highest BCUT2D eigenvalue weighted by atomic mass is 16.6. The Morgan fingerprint density at radius 3 is 0.744 bits per heavy atom. The average Bonchev–Trinajstić information content (AvgIpc) is 3.47. The number of carbonyl (C=O) groups excluding carboxylic acids is 3. The van der Waals surface area contributed by atoms with Crippen LogP contribution in [0.5, 0.6) is 0 Å². The fraction of sp³-hybridized carbons (Fsp3) is 0.750. The molecule has 0 heterocycles. The molecular formula is C76H132O6. The van der Waals surface area contributed by atoms with Crippen molar-refractivity contribution in [1.29, 1.82) is 0 Å². The molecule has 0 aromatic rings. The van der Waals surface area contributed by atoms with Gasteiger partial charge in [0.25, 0.3) is 0 Å². The van der Waals surface area contributed by atoms with Crippen molar-refractivity contribution in [3.63, 3.8) is 0 Å². The molecule has 0 radical (unpaired) electrons. The van der Waals surface area contributed by atoms with Crippen LogP contribution in [0, 0.1) is 0 Å². The van der Waals surface area contributed by atoms with Crippen molar-refractivity contribution in [3.05, 3.63) is 97.2 Å². The Morgan fingerprint density at radius 1 is 0.256 bits per heavy atom. The van der Waals surface area contributed by atoms with Gasteiger partial charge in [-0.05, 0) is 83.5 Å². The lowest BCUT2D eigenvalue weighted by molar-refractivity contribution is -0.167. The molecule has 0 aliphatic rings. The van der Waals surface area contributed by atoms with E-state index in [1.54, 1.807) is 0 Å². The van der Waals surface area contributed by atoms with Crippen LogP contribution >= 0.6 is 0 Å². The highest BCUT2D eigenvalue weighted by Gasteiger charge is 2.19. The second kappa shape index (κ2) is 69.8. The molecule has 0 fully saturated rings.